The molecule has 2 fully saturated rings. The van der Waals surface area contributed by atoms with Crippen LogP contribution in [0.3, 0.4) is 0 Å². The van der Waals surface area contributed by atoms with Crippen molar-refractivity contribution in [2.45, 2.75) is 51.1 Å². The molecule has 178 valence electrons. The molecule has 2 atom stereocenters. The van der Waals surface area contributed by atoms with Crippen molar-refractivity contribution in [2.75, 3.05) is 39.3 Å². The number of fused-ring (bicyclic) bond motifs is 2. The second kappa shape index (κ2) is 10.2. The van der Waals surface area contributed by atoms with Gasteiger partial charge in [-0.1, -0.05) is 28.1 Å². The van der Waals surface area contributed by atoms with E-state index in [1.54, 1.807) is 0 Å². The fourth-order valence-corrected chi connectivity index (χ4v) is 6.94. The number of nitrogens with one attached hydrogen (secondary N) is 2. The number of allylic oxidation sites excluding steroid dienone is 2. The zero-order chi connectivity index (χ0) is 22.9. The first kappa shape index (κ1) is 23.6. The summed E-state index contributed by atoms with van der Waals surface area (Å²) in [5.41, 5.74) is 5.62. The second-order valence-electron chi connectivity index (χ2n) is 9.92. The first-order chi connectivity index (χ1) is 16.0. The van der Waals surface area contributed by atoms with E-state index in [2.05, 4.69) is 83.6 Å². The van der Waals surface area contributed by atoms with Crippen molar-refractivity contribution in [1.29, 1.82) is 0 Å². The van der Waals surface area contributed by atoms with Crippen LogP contribution in [0.5, 0.6) is 0 Å². The van der Waals surface area contributed by atoms with Gasteiger partial charge in [-0.25, -0.2) is 0 Å². The van der Waals surface area contributed by atoms with E-state index in [1.165, 1.54) is 26.7 Å². The predicted octanol–water partition coefficient (Wildman–Crippen LogP) is 4.41. The highest BCUT2D eigenvalue weighted by atomic mass is 79.9. The Morgan fingerprint density at radius 1 is 1.09 bits per heavy atom. The van der Waals surface area contributed by atoms with E-state index in [1.807, 2.05) is 0 Å². The average Bonchev–Trinajstić information content (AvgIpc) is 2.99. The molecule has 0 saturated carbocycles. The van der Waals surface area contributed by atoms with E-state index in [4.69, 9.17) is 0 Å². The van der Waals surface area contributed by atoms with Crippen molar-refractivity contribution in [3.63, 3.8) is 0 Å². The molecule has 2 saturated heterocycles. The largest absolute Gasteiger partial charge is 0.382 e. The molecule has 5 nitrogen and oxygen atoms in total. The van der Waals surface area contributed by atoms with Crippen molar-refractivity contribution >= 4 is 37.8 Å². The molecule has 33 heavy (non-hydrogen) atoms. The standard InChI is InChI=1S/C26H34Br2N4O/c1-17-2-4-22-21(24(17)28)5-3-19-15-20(27)16-30-25(19)26(22)32-12-10-31(11-13-32)23(33)14-18-6-8-29-9-7-18/h2,4,15-16,18,25-26,29-30H,3,5-14H2,1H3. The van der Waals surface area contributed by atoms with Crippen LogP contribution < -0.4 is 10.6 Å². The number of piperidine rings is 1. The lowest BCUT2D eigenvalue weighted by Crippen LogP contribution is -2.53. The molecule has 2 N–H and O–H groups in total. The van der Waals surface area contributed by atoms with Crippen LogP contribution in [0.4, 0.5) is 0 Å². The van der Waals surface area contributed by atoms with Gasteiger partial charge in [0.2, 0.25) is 5.91 Å². The minimum atomic E-state index is 0.263. The number of carbonyl (C=O) groups is 1. The summed E-state index contributed by atoms with van der Waals surface area (Å²) in [6.07, 6.45) is 9.48. The summed E-state index contributed by atoms with van der Waals surface area (Å²) in [6, 6.07) is 5.12. The van der Waals surface area contributed by atoms with Gasteiger partial charge in [0.15, 0.2) is 0 Å². The number of hydrogen-bond donors (Lipinski definition) is 2. The van der Waals surface area contributed by atoms with E-state index in [-0.39, 0.29) is 12.1 Å². The predicted molar refractivity (Wildman–Crippen MR) is 140 cm³/mol. The van der Waals surface area contributed by atoms with Crippen LogP contribution in [0.2, 0.25) is 0 Å². The molecule has 1 aromatic rings. The quantitative estimate of drug-likeness (QED) is 0.558. The topological polar surface area (TPSA) is 47.6 Å². The molecule has 7 heteroatoms. The summed E-state index contributed by atoms with van der Waals surface area (Å²) in [4.78, 5) is 17.7. The van der Waals surface area contributed by atoms with Crippen LogP contribution in [-0.4, -0.2) is 61.0 Å². The van der Waals surface area contributed by atoms with E-state index in [0.717, 1.165) is 75.9 Å². The SMILES string of the molecule is Cc1ccc2c(c1Br)CCC1=CC(Br)=CNC1C2N1CCN(C(=O)CC2CCNCC2)CC1. The highest BCUT2D eigenvalue weighted by Gasteiger charge is 2.38. The Morgan fingerprint density at radius 3 is 2.61 bits per heavy atom. The number of nitrogens with zero attached hydrogens (tertiary/aromatic N) is 2. The Balaban J connectivity index is 1.34. The maximum atomic E-state index is 13.0. The van der Waals surface area contributed by atoms with Crippen molar-refractivity contribution in [3.05, 3.63) is 55.6 Å². The van der Waals surface area contributed by atoms with Gasteiger partial charge in [-0.2, -0.15) is 0 Å². The molecule has 0 aromatic heterocycles. The molecular formula is C26H34Br2N4O. The Labute approximate surface area is 214 Å². The second-order valence-corrected chi connectivity index (χ2v) is 11.6. The Kier molecular flexibility index (Phi) is 7.31. The number of aryl methyl sites for hydroxylation is 1. The summed E-state index contributed by atoms with van der Waals surface area (Å²) in [5.74, 6) is 0.903. The highest BCUT2D eigenvalue weighted by Crippen LogP contribution is 2.41. The number of amides is 1. The van der Waals surface area contributed by atoms with Crippen LogP contribution in [0.25, 0.3) is 0 Å². The van der Waals surface area contributed by atoms with Crippen LogP contribution in [0, 0.1) is 12.8 Å². The molecule has 1 aromatic carbocycles. The molecule has 0 bridgehead atoms. The molecule has 0 radical (unpaired) electrons. The molecule has 0 spiro atoms. The number of benzene rings is 1. The molecule has 3 heterocycles. The van der Waals surface area contributed by atoms with Gasteiger partial charge in [-0.3, -0.25) is 9.69 Å². The maximum Gasteiger partial charge on any atom is 0.222 e. The Hall–Kier alpha value is -1.15. The monoisotopic (exact) mass is 576 g/mol. The lowest BCUT2D eigenvalue weighted by Gasteiger charge is -2.44. The lowest BCUT2D eigenvalue weighted by atomic mass is 9.90. The first-order valence-corrected chi connectivity index (χ1v) is 13.9. The third-order valence-corrected chi connectivity index (χ3v) is 9.44. The summed E-state index contributed by atoms with van der Waals surface area (Å²) in [5, 5.41) is 7.10. The lowest BCUT2D eigenvalue weighted by molar-refractivity contribution is -0.134. The summed E-state index contributed by atoms with van der Waals surface area (Å²) < 4.78 is 2.37. The maximum absolute atomic E-state index is 13.0. The molecule has 4 aliphatic rings. The third kappa shape index (κ3) is 4.97. The number of dihydropyridines is 1. The number of rotatable bonds is 3. The molecule has 3 aliphatic heterocycles. The number of piperazine rings is 1. The smallest absolute Gasteiger partial charge is 0.222 e. The van der Waals surface area contributed by atoms with Gasteiger partial charge in [0.25, 0.3) is 0 Å². The average molecular weight is 578 g/mol. The van der Waals surface area contributed by atoms with Crippen LogP contribution in [0.15, 0.2) is 38.9 Å². The third-order valence-electron chi connectivity index (χ3n) is 7.88. The molecule has 1 aliphatic carbocycles. The minimum Gasteiger partial charge on any atom is -0.382 e. The summed E-state index contributed by atoms with van der Waals surface area (Å²) in [6.45, 7) is 7.78. The number of hydrogen-bond acceptors (Lipinski definition) is 4. The van der Waals surface area contributed by atoms with Crippen LogP contribution in [-0.2, 0) is 11.2 Å². The van der Waals surface area contributed by atoms with Crippen molar-refractivity contribution < 1.29 is 4.79 Å². The van der Waals surface area contributed by atoms with Crippen molar-refractivity contribution in [1.82, 2.24) is 20.4 Å². The van der Waals surface area contributed by atoms with Gasteiger partial charge in [-0.15, -0.1) is 0 Å². The van der Waals surface area contributed by atoms with Gasteiger partial charge in [0.1, 0.15) is 0 Å². The van der Waals surface area contributed by atoms with E-state index < -0.39 is 0 Å². The molecule has 2 unspecified atom stereocenters. The van der Waals surface area contributed by atoms with Crippen LogP contribution >= 0.6 is 31.9 Å². The number of halogens is 2. The van der Waals surface area contributed by atoms with Gasteiger partial charge < -0.3 is 15.5 Å². The van der Waals surface area contributed by atoms with Crippen molar-refractivity contribution in [2.24, 2.45) is 5.92 Å². The molecular weight excluding hydrogens is 544 g/mol. The highest BCUT2D eigenvalue weighted by molar-refractivity contribution is 9.12. The van der Waals surface area contributed by atoms with Gasteiger partial charge in [-0.05, 0) is 95.9 Å². The summed E-state index contributed by atoms with van der Waals surface area (Å²) in [7, 11) is 0. The molecule has 1 amide bonds. The van der Waals surface area contributed by atoms with Crippen LogP contribution in [0.1, 0.15) is 48.4 Å². The Bertz CT molecular complexity index is 961. The zero-order valence-corrected chi connectivity index (χ0v) is 22.6. The zero-order valence-electron chi connectivity index (χ0n) is 19.4. The molecule has 5 rings (SSSR count). The fraction of sp³-hybridized carbons (Fsp3) is 0.577. The van der Waals surface area contributed by atoms with E-state index in [9.17, 15) is 4.79 Å². The summed E-state index contributed by atoms with van der Waals surface area (Å²) >= 11 is 7.57. The number of carbonyl (C=O) groups excluding carboxylic acids is 1. The Morgan fingerprint density at radius 2 is 1.85 bits per heavy atom. The first-order valence-electron chi connectivity index (χ1n) is 12.3. The van der Waals surface area contributed by atoms with Gasteiger partial charge in [0.05, 0.1) is 12.1 Å². The normalized spacial score (nSPS) is 26.5. The fourth-order valence-electron chi connectivity index (χ4n) is 5.96. The van der Waals surface area contributed by atoms with Crippen molar-refractivity contribution in [3.8, 4) is 0 Å². The minimum absolute atomic E-state index is 0.263. The van der Waals surface area contributed by atoms with Gasteiger partial charge >= 0.3 is 0 Å². The van der Waals surface area contributed by atoms with E-state index >= 15 is 0 Å². The van der Waals surface area contributed by atoms with E-state index in [0.29, 0.717) is 11.8 Å². The van der Waals surface area contributed by atoms with Gasteiger partial charge in [0, 0.05) is 47.8 Å².